The number of rotatable bonds is 13. The lowest BCUT2D eigenvalue weighted by molar-refractivity contribution is -0.140. The highest BCUT2D eigenvalue weighted by atomic mass is 35.5. The van der Waals surface area contributed by atoms with Crippen molar-refractivity contribution in [2.24, 2.45) is 0 Å². The molecule has 1 aliphatic rings. The van der Waals surface area contributed by atoms with Crippen molar-refractivity contribution in [1.29, 1.82) is 0 Å². The van der Waals surface area contributed by atoms with Crippen LogP contribution in [0.5, 0.6) is 5.75 Å². The Bertz CT molecular complexity index is 1780. The molecule has 1 unspecified atom stereocenters. The van der Waals surface area contributed by atoms with E-state index < -0.39 is 28.5 Å². The number of carbonyl (C=O) groups is 2. The lowest BCUT2D eigenvalue weighted by atomic mass is 9.94. The zero-order valence-corrected chi connectivity index (χ0v) is 29.1. The van der Waals surface area contributed by atoms with E-state index in [2.05, 4.69) is 5.32 Å². The molecular weight excluding hydrogens is 669 g/mol. The minimum Gasteiger partial charge on any atom is -0.497 e. The molecule has 4 aromatic rings. The number of amides is 2. The van der Waals surface area contributed by atoms with Gasteiger partial charge in [0.1, 0.15) is 18.3 Å². The molecule has 252 valence electrons. The first kappa shape index (κ1) is 35.3. The predicted octanol–water partition coefficient (Wildman–Crippen LogP) is 7.29. The molecule has 1 N–H and O–H groups in total. The van der Waals surface area contributed by atoms with Crippen molar-refractivity contribution in [2.75, 3.05) is 18.0 Å². The zero-order valence-electron chi connectivity index (χ0n) is 26.7. The number of halogens is 2. The van der Waals surface area contributed by atoms with Crippen LogP contribution in [-0.2, 0) is 32.6 Å². The number of hydrogen-bond acceptors (Lipinski definition) is 5. The molecular formula is C37H39Cl2N3O5S. The topological polar surface area (TPSA) is 96.0 Å². The fourth-order valence-electron chi connectivity index (χ4n) is 5.92. The van der Waals surface area contributed by atoms with Gasteiger partial charge in [0.2, 0.25) is 11.8 Å². The van der Waals surface area contributed by atoms with Crippen LogP contribution in [0.3, 0.4) is 0 Å². The summed E-state index contributed by atoms with van der Waals surface area (Å²) in [6, 6.07) is 27.9. The first-order valence-corrected chi connectivity index (χ1v) is 18.1. The summed E-state index contributed by atoms with van der Waals surface area (Å²) < 4.78 is 34.7. The average molecular weight is 709 g/mol. The molecule has 8 nitrogen and oxygen atoms in total. The number of sulfonamides is 1. The van der Waals surface area contributed by atoms with E-state index >= 15 is 0 Å². The van der Waals surface area contributed by atoms with E-state index in [9.17, 15) is 18.0 Å². The van der Waals surface area contributed by atoms with Gasteiger partial charge in [0.25, 0.3) is 10.0 Å². The number of nitrogens with zero attached hydrogens (tertiary/aromatic N) is 2. The third-order valence-electron chi connectivity index (χ3n) is 8.51. The normalized spacial score (nSPS) is 14.1. The highest BCUT2D eigenvalue weighted by Gasteiger charge is 2.35. The van der Waals surface area contributed by atoms with E-state index in [-0.39, 0.29) is 35.5 Å². The van der Waals surface area contributed by atoms with E-state index in [1.165, 1.54) is 30.2 Å². The maximum Gasteiger partial charge on any atom is 0.264 e. The van der Waals surface area contributed by atoms with Crippen LogP contribution in [0.1, 0.15) is 43.2 Å². The summed E-state index contributed by atoms with van der Waals surface area (Å²) in [4.78, 5) is 30.3. The first-order chi connectivity index (χ1) is 23.1. The van der Waals surface area contributed by atoms with Crippen molar-refractivity contribution in [1.82, 2.24) is 10.2 Å². The monoisotopic (exact) mass is 707 g/mol. The van der Waals surface area contributed by atoms with E-state index in [0.29, 0.717) is 15.8 Å². The minimum absolute atomic E-state index is 0.00964. The molecule has 48 heavy (non-hydrogen) atoms. The second-order valence-electron chi connectivity index (χ2n) is 11.9. The Morgan fingerprint density at radius 2 is 1.52 bits per heavy atom. The molecule has 1 saturated carbocycles. The van der Waals surface area contributed by atoms with Crippen molar-refractivity contribution in [3.8, 4) is 5.75 Å². The van der Waals surface area contributed by atoms with E-state index in [1.807, 2.05) is 30.3 Å². The van der Waals surface area contributed by atoms with Crippen molar-refractivity contribution in [3.05, 3.63) is 124 Å². The van der Waals surface area contributed by atoms with Crippen molar-refractivity contribution < 1.29 is 22.7 Å². The number of nitrogens with one attached hydrogen (secondary N) is 1. The van der Waals surface area contributed by atoms with Crippen LogP contribution in [0.15, 0.2) is 108 Å². The Labute approximate surface area is 292 Å². The number of hydrogen-bond donors (Lipinski definition) is 1. The molecule has 11 heteroatoms. The van der Waals surface area contributed by atoms with Gasteiger partial charge in [0.15, 0.2) is 0 Å². The standard InChI is InChI=1S/C37H39Cl2N3O5S/c1-47-33-19-21-34(22-20-33)48(45,46)42(32-14-8-11-30(39)24-32)26-36(43)41(25-28-15-17-29(38)18-16-28)35(23-27-9-4-2-5-10-27)37(44)40-31-12-6-3-7-13-31/h2,4-5,8-11,14-22,24,31,35H,3,6-7,12-13,23,25-26H2,1H3,(H,40,44). The highest BCUT2D eigenvalue weighted by molar-refractivity contribution is 7.92. The second kappa shape index (κ2) is 16.4. The van der Waals surface area contributed by atoms with E-state index in [1.54, 1.807) is 54.6 Å². The number of anilines is 1. The number of ether oxygens (including phenoxy) is 1. The quantitative estimate of drug-likeness (QED) is 0.158. The Morgan fingerprint density at radius 1 is 0.833 bits per heavy atom. The van der Waals surface area contributed by atoms with Crippen LogP contribution in [0.4, 0.5) is 5.69 Å². The van der Waals surface area contributed by atoms with Gasteiger partial charge in [-0.3, -0.25) is 13.9 Å². The minimum atomic E-state index is -4.28. The molecule has 0 aromatic heterocycles. The smallest absolute Gasteiger partial charge is 0.264 e. The van der Waals surface area contributed by atoms with Gasteiger partial charge >= 0.3 is 0 Å². The molecule has 1 aliphatic carbocycles. The van der Waals surface area contributed by atoms with Gasteiger partial charge in [-0.2, -0.15) is 0 Å². The first-order valence-electron chi connectivity index (χ1n) is 15.9. The fourth-order valence-corrected chi connectivity index (χ4v) is 7.64. The molecule has 0 aliphatic heterocycles. The molecule has 0 radical (unpaired) electrons. The molecule has 1 atom stereocenters. The summed E-state index contributed by atoms with van der Waals surface area (Å²) in [6.45, 7) is -0.526. The van der Waals surface area contributed by atoms with Crippen LogP contribution in [-0.4, -0.2) is 50.9 Å². The summed E-state index contributed by atoms with van der Waals surface area (Å²) in [5.41, 5.74) is 1.82. The van der Waals surface area contributed by atoms with Crippen molar-refractivity contribution in [3.63, 3.8) is 0 Å². The second-order valence-corrected chi connectivity index (χ2v) is 14.6. The zero-order chi connectivity index (χ0) is 34.1. The third-order valence-corrected chi connectivity index (χ3v) is 10.8. The van der Waals surface area contributed by atoms with Crippen molar-refractivity contribution in [2.45, 2.75) is 62.0 Å². The summed E-state index contributed by atoms with van der Waals surface area (Å²) in [5, 5.41) is 4.05. The number of benzene rings is 4. The van der Waals surface area contributed by atoms with E-state index in [4.69, 9.17) is 27.9 Å². The lowest BCUT2D eigenvalue weighted by Crippen LogP contribution is -2.55. The van der Waals surface area contributed by atoms with Gasteiger partial charge in [-0.25, -0.2) is 8.42 Å². The summed E-state index contributed by atoms with van der Waals surface area (Å²) >= 11 is 12.5. The van der Waals surface area contributed by atoms with Crippen LogP contribution in [0, 0.1) is 0 Å². The summed E-state index contributed by atoms with van der Waals surface area (Å²) in [7, 11) is -2.78. The van der Waals surface area contributed by atoms with Gasteiger partial charge < -0.3 is 15.0 Å². The Balaban J connectivity index is 1.56. The molecule has 0 heterocycles. The lowest BCUT2D eigenvalue weighted by Gasteiger charge is -2.35. The Hall–Kier alpha value is -4.05. The van der Waals surface area contributed by atoms with Gasteiger partial charge in [-0.1, -0.05) is 91.0 Å². The molecule has 0 bridgehead atoms. The average Bonchev–Trinajstić information content (AvgIpc) is 3.10. The van der Waals surface area contributed by atoms with Gasteiger partial charge in [-0.05, 0) is 78.6 Å². The van der Waals surface area contributed by atoms with Gasteiger partial charge in [0, 0.05) is 29.1 Å². The van der Waals surface area contributed by atoms with Gasteiger partial charge in [0.05, 0.1) is 17.7 Å². The Morgan fingerprint density at radius 3 is 2.17 bits per heavy atom. The van der Waals surface area contributed by atoms with Crippen molar-refractivity contribution >= 4 is 50.7 Å². The van der Waals surface area contributed by atoms with Crippen LogP contribution in [0.2, 0.25) is 10.0 Å². The SMILES string of the molecule is COc1ccc(S(=O)(=O)N(CC(=O)N(Cc2ccc(Cl)cc2)C(Cc2ccccc2)C(=O)NC2CCCCC2)c2cccc(Cl)c2)cc1. The molecule has 5 rings (SSSR count). The molecule has 0 saturated heterocycles. The van der Waals surface area contributed by atoms with Crippen LogP contribution >= 0.6 is 23.2 Å². The number of carbonyl (C=O) groups excluding carboxylic acids is 2. The molecule has 0 spiro atoms. The maximum atomic E-state index is 14.7. The Kier molecular flexibility index (Phi) is 12.0. The largest absolute Gasteiger partial charge is 0.497 e. The van der Waals surface area contributed by atoms with E-state index in [0.717, 1.165) is 47.5 Å². The van der Waals surface area contributed by atoms with Crippen LogP contribution in [0.25, 0.3) is 0 Å². The van der Waals surface area contributed by atoms with Crippen LogP contribution < -0.4 is 14.4 Å². The summed E-state index contributed by atoms with van der Waals surface area (Å²) in [5.74, 6) is -0.344. The fraction of sp³-hybridized carbons (Fsp3) is 0.297. The number of methoxy groups -OCH3 is 1. The summed E-state index contributed by atoms with van der Waals surface area (Å²) in [6.07, 6.45) is 5.17. The molecule has 4 aromatic carbocycles. The third kappa shape index (κ3) is 9.09. The highest BCUT2D eigenvalue weighted by Crippen LogP contribution is 2.28. The molecule has 1 fully saturated rings. The van der Waals surface area contributed by atoms with Gasteiger partial charge in [-0.15, -0.1) is 0 Å². The predicted molar refractivity (Wildman–Crippen MR) is 190 cm³/mol. The molecule has 2 amide bonds. The maximum absolute atomic E-state index is 14.7.